The number of hydrogen-bond donors (Lipinski definition) is 1. The van der Waals surface area contributed by atoms with E-state index in [0.717, 1.165) is 0 Å². The molecule has 2 rings (SSSR count). The lowest BCUT2D eigenvalue weighted by molar-refractivity contribution is -0.384. The molecular weight excluding hydrogens is 380 g/mol. The van der Waals surface area contributed by atoms with E-state index in [1.807, 2.05) is 0 Å². The van der Waals surface area contributed by atoms with E-state index in [2.05, 4.69) is 5.32 Å². The molecule has 0 fully saturated rings. The Labute approximate surface area is 166 Å². The van der Waals surface area contributed by atoms with Crippen molar-refractivity contribution in [1.82, 2.24) is 0 Å². The van der Waals surface area contributed by atoms with Crippen LogP contribution in [-0.4, -0.2) is 35.8 Å². The maximum atomic E-state index is 12.0. The third-order valence-electron chi connectivity index (χ3n) is 3.93. The predicted octanol–water partition coefficient (Wildman–Crippen LogP) is 3.06. The van der Waals surface area contributed by atoms with Crippen LogP contribution in [0.3, 0.4) is 0 Å². The zero-order valence-corrected chi connectivity index (χ0v) is 16.0. The molecule has 2 aromatic rings. The summed E-state index contributed by atoms with van der Waals surface area (Å²) in [4.78, 5) is 45.7. The maximum absolute atomic E-state index is 12.0. The molecule has 9 heteroatoms. The van der Waals surface area contributed by atoms with Crippen LogP contribution in [-0.2, 0) is 14.3 Å². The smallest absolute Gasteiger partial charge is 0.344 e. The largest absolute Gasteiger partial charge is 0.482 e. The summed E-state index contributed by atoms with van der Waals surface area (Å²) in [6.45, 7) is 2.33. The van der Waals surface area contributed by atoms with Crippen LogP contribution in [0.15, 0.2) is 42.5 Å². The van der Waals surface area contributed by atoms with Crippen molar-refractivity contribution in [1.29, 1.82) is 0 Å². The van der Waals surface area contributed by atoms with Crippen molar-refractivity contribution in [3.05, 3.63) is 63.7 Å². The number of amides is 1. The van der Waals surface area contributed by atoms with E-state index in [4.69, 9.17) is 9.47 Å². The second-order valence-corrected chi connectivity index (χ2v) is 6.02. The number of para-hydroxylation sites is 1. The van der Waals surface area contributed by atoms with Crippen molar-refractivity contribution in [3.8, 4) is 5.75 Å². The lowest BCUT2D eigenvalue weighted by atomic mass is 10.1. The number of nitrogens with one attached hydrogen (secondary N) is 1. The number of carbonyl (C=O) groups is 3. The number of rotatable bonds is 9. The average Bonchev–Trinajstić information content (AvgIpc) is 2.71. The van der Waals surface area contributed by atoms with Crippen LogP contribution in [0.4, 0.5) is 11.4 Å². The second kappa shape index (κ2) is 9.98. The van der Waals surface area contributed by atoms with E-state index in [9.17, 15) is 24.5 Å². The molecule has 9 nitrogen and oxygen atoms in total. The summed E-state index contributed by atoms with van der Waals surface area (Å²) in [5.41, 5.74) is 0.853. The van der Waals surface area contributed by atoms with Crippen molar-refractivity contribution in [2.75, 3.05) is 18.5 Å². The second-order valence-electron chi connectivity index (χ2n) is 6.02. The van der Waals surface area contributed by atoms with Gasteiger partial charge in [-0.25, -0.2) is 4.79 Å². The first-order valence-electron chi connectivity index (χ1n) is 8.77. The number of ketones is 1. The van der Waals surface area contributed by atoms with Gasteiger partial charge in [-0.2, -0.15) is 0 Å². The zero-order chi connectivity index (χ0) is 21.4. The molecule has 0 atom stereocenters. The first kappa shape index (κ1) is 21.5. The molecule has 0 aliphatic heterocycles. The summed E-state index contributed by atoms with van der Waals surface area (Å²) in [5, 5.41) is 13.4. The maximum Gasteiger partial charge on any atom is 0.344 e. The molecule has 0 unspecified atom stereocenters. The molecule has 0 saturated heterocycles. The highest BCUT2D eigenvalue weighted by molar-refractivity contribution is 5.96. The topological polar surface area (TPSA) is 125 Å². The molecule has 0 radical (unpaired) electrons. The summed E-state index contributed by atoms with van der Waals surface area (Å²) in [6.07, 6.45) is 0.389. The standard InChI is InChI=1S/C20H20N2O7/c1-3-17(23)14-7-9-15(10-8-14)28-12-19(25)29-11-18(24)21-20-13(2)5-4-6-16(20)22(26)27/h4-10H,3,11-12H2,1-2H3,(H,21,24). The fourth-order valence-electron chi connectivity index (χ4n) is 2.41. The molecule has 1 amide bonds. The fraction of sp³-hybridized carbons (Fsp3) is 0.250. The highest BCUT2D eigenvalue weighted by Crippen LogP contribution is 2.27. The Kier molecular flexibility index (Phi) is 7.41. The predicted molar refractivity (Wildman–Crippen MR) is 104 cm³/mol. The Morgan fingerprint density at radius 1 is 1.07 bits per heavy atom. The SMILES string of the molecule is CCC(=O)c1ccc(OCC(=O)OCC(=O)Nc2c(C)cccc2[N+](=O)[O-])cc1. The molecule has 0 spiro atoms. The van der Waals surface area contributed by atoms with E-state index in [1.165, 1.54) is 12.1 Å². The van der Waals surface area contributed by atoms with Gasteiger partial charge in [0, 0.05) is 18.1 Å². The van der Waals surface area contributed by atoms with Crippen LogP contribution in [0.1, 0.15) is 29.3 Å². The van der Waals surface area contributed by atoms with E-state index in [1.54, 1.807) is 44.2 Å². The summed E-state index contributed by atoms with van der Waals surface area (Å²) >= 11 is 0. The van der Waals surface area contributed by atoms with Crippen molar-refractivity contribution in [2.24, 2.45) is 0 Å². The summed E-state index contributed by atoms with van der Waals surface area (Å²) in [7, 11) is 0. The minimum absolute atomic E-state index is 0.00383. The van der Waals surface area contributed by atoms with Gasteiger partial charge in [-0.3, -0.25) is 19.7 Å². The molecule has 0 aliphatic carbocycles. The number of anilines is 1. The molecule has 0 aliphatic rings. The number of nitrogens with zero attached hydrogens (tertiary/aromatic N) is 1. The van der Waals surface area contributed by atoms with E-state index in [0.29, 0.717) is 23.3 Å². The lowest BCUT2D eigenvalue weighted by Crippen LogP contribution is -2.24. The Bertz CT molecular complexity index is 923. The molecule has 0 heterocycles. The van der Waals surface area contributed by atoms with Gasteiger partial charge in [-0.15, -0.1) is 0 Å². The van der Waals surface area contributed by atoms with Gasteiger partial charge < -0.3 is 14.8 Å². The Morgan fingerprint density at radius 3 is 2.38 bits per heavy atom. The molecule has 0 aromatic heterocycles. The van der Waals surface area contributed by atoms with Crippen LogP contribution in [0, 0.1) is 17.0 Å². The van der Waals surface area contributed by atoms with Gasteiger partial charge in [0.1, 0.15) is 11.4 Å². The fourth-order valence-corrected chi connectivity index (χ4v) is 2.41. The molecule has 152 valence electrons. The van der Waals surface area contributed by atoms with E-state index < -0.39 is 30.0 Å². The van der Waals surface area contributed by atoms with Crippen LogP contribution in [0.25, 0.3) is 0 Å². The number of esters is 1. The summed E-state index contributed by atoms with van der Waals surface area (Å²) < 4.78 is 10.1. The number of aryl methyl sites for hydroxylation is 1. The number of nitro groups is 1. The van der Waals surface area contributed by atoms with Crippen molar-refractivity contribution >= 4 is 29.0 Å². The highest BCUT2D eigenvalue weighted by atomic mass is 16.6. The number of ether oxygens (including phenoxy) is 2. The molecule has 29 heavy (non-hydrogen) atoms. The quantitative estimate of drug-likeness (QED) is 0.297. The third kappa shape index (κ3) is 6.13. The normalized spacial score (nSPS) is 10.1. The van der Waals surface area contributed by atoms with E-state index >= 15 is 0 Å². The van der Waals surface area contributed by atoms with Crippen LogP contribution >= 0.6 is 0 Å². The zero-order valence-electron chi connectivity index (χ0n) is 16.0. The Morgan fingerprint density at radius 2 is 1.76 bits per heavy atom. The number of Topliss-reactive ketones (excluding diaryl/α,β-unsaturated/α-hetero) is 1. The van der Waals surface area contributed by atoms with Crippen LogP contribution < -0.4 is 10.1 Å². The third-order valence-corrected chi connectivity index (χ3v) is 3.93. The molecular formula is C20H20N2O7. The Balaban J connectivity index is 1.83. The van der Waals surface area contributed by atoms with Gasteiger partial charge in [-0.05, 0) is 36.8 Å². The van der Waals surface area contributed by atoms with E-state index in [-0.39, 0.29) is 17.2 Å². The average molecular weight is 400 g/mol. The number of carbonyl (C=O) groups excluding carboxylic acids is 3. The van der Waals surface area contributed by atoms with Gasteiger partial charge in [0.2, 0.25) is 0 Å². The monoisotopic (exact) mass is 400 g/mol. The van der Waals surface area contributed by atoms with Crippen LogP contribution in [0.2, 0.25) is 0 Å². The van der Waals surface area contributed by atoms with Crippen LogP contribution in [0.5, 0.6) is 5.75 Å². The molecule has 0 bridgehead atoms. The number of hydrogen-bond acceptors (Lipinski definition) is 7. The van der Waals surface area contributed by atoms with Gasteiger partial charge in [0.05, 0.1) is 4.92 Å². The van der Waals surface area contributed by atoms with Gasteiger partial charge >= 0.3 is 5.97 Å². The van der Waals surface area contributed by atoms with Crippen molar-refractivity contribution in [3.63, 3.8) is 0 Å². The lowest BCUT2D eigenvalue weighted by Gasteiger charge is -2.10. The minimum atomic E-state index is -0.784. The number of benzene rings is 2. The van der Waals surface area contributed by atoms with Gasteiger partial charge in [0.25, 0.3) is 11.6 Å². The molecule has 0 saturated carbocycles. The number of nitro benzene ring substituents is 1. The first-order valence-corrected chi connectivity index (χ1v) is 8.77. The summed E-state index contributed by atoms with van der Waals surface area (Å²) in [5.74, 6) is -1.13. The Hall–Kier alpha value is -3.75. The molecule has 1 N–H and O–H groups in total. The van der Waals surface area contributed by atoms with Crippen molar-refractivity contribution < 1.29 is 28.8 Å². The molecule has 2 aromatic carbocycles. The first-order chi connectivity index (χ1) is 13.8. The summed E-state index contributed by atoms with van der Waals surface area (Å²) in [6, 6.07) is 10.7. The highest BCUT2D eigenvalue weighted by Gasteiger charge is 2.18. The minimum Gasteiger partial charge on any atom is -0.482 e. The van der Waals surface area contributed by atoms with Gasteiger partial charge in [-0.1, -0.05) is 19.1 Å². The van der Waals surface area contributed by atoms with Crippen molar-refractivity contribution in [2.45, 2.75) is 20.3 Å². The van der Waals surface area contributed by atoms with Gasteiger partial charge in [0.15, 0.2) is 19.0 Å².